The summed E-state index contributed by atoms with van der Waals surface area (Å²) in [5.74, 6) is 0.590. The van der Waals surface area contributed by atoms with E-state index in [4.69, 9.17) is 9.15 Å². The Hall–Kier alpha value is -1.11. The molecule has 2 unspecified atom stereocenters. The first-order chi connectivity index (χ1) is 9.60. The predicted molar refractivity (Wildman–Crippen MR) is 81.7 cm³/mol. The molecule has 2 rings (SSSR count). The Labute approximate surface area is 130 Å². The van der Waals surface area contributed by atoms with Crippen LogP contribution in [0, 0.1) is 0 Å². The number of hydrogen-bond acceptors (Lipinski definition) is 5. The number of nitrogens with one attached hydrogen (secondary N) is 1. The molecule has 6 heteroatoms. The molecule has 1 N–H and O–H groups in total. The van der Waals surface area contributed by atoms with E-state index in [1.54, 1.807) is 11.3 Å². The molecule has 0 radical (unpaired) electrons. The van der Waals surface area contributed by atoms with Crippen molar-refractivity contribution in [1.29, 1.82) is 0 Å². The van der Waals surface area contributed by atoms with Gasteiger partial charge in [-0.2, -0.15) is 0 Å². The normalized spacial score (nSPS) is 13.9. The van der Waals surface area contributed by atoms with E-state index in [2.05, 4.69) is 21.2 Å². The lowest BCUT2D eigenvalue weighted by atomic mass is 10.1. The van der Waals surface area contributed by atoms with Crippen molar-refractivity contribution < 1.29 is 13.9 Å². The first-order valence-corrected chi connectivity index (χ1v) is 7.89. The Morgan fingerprint density at radius 1 is 1.50 bits per heavy atom. The highest BCUT2D eigenvalue weighted by Gasteiger charge is 2.21. The van der Waals surface area contributed by atoms with Gasteiger partial charge >= 0.3 is 5.97 Å². The topological polar surface area (TPSA) is 51.5 Å². The van der Waals surface area contributed by atoms with Crippen LogP contribution in [0.25, 0.3) is 0 Å². The van der Waals surface area contributed by atoms with Crippen LogP contribution in [-0.2, 0) is 9.53 Å². The zero-order valence-electron chi connectivity index (χ0n) is 11.3. The van der Waals surface area contributed by atoms with Crippen LogP contribution in [0.5, 0.6) is 0 Å². The summed E-state index contributed by atoms with van der Waals surface area (Å²) in [6.07, 6.45) is 0.295. The third kappa shape index (κ3) is 3.94. The fraction of sp³-hybridized carbons (Fsp3) is 0.357. The van der Waals surface area contributed by atoms with Crippen LogP contribution >= 0.6 is 27.3 Å². The maximum atomic E-state index is 11.6. The third-order valence-electron chi connectivity index (χ3n) is 2.96. The summed E-state index contributed by atoms with van der Waals surface area (Å²) in [4.78, 5) is 12.7. The van der Waals surface area contributed by atoms with Gasteiger partial charge in [-0.1, -0.05) is 6.07 Å². The molecule has 0 aliphatic heterocycles. The number of hydrogen-bond donors (Lipinski definition) is 1. The number of ether oxygens (including phenoxy) is 1. The SMILES string of the molecule is COC(=O)CC(NC(C)c1ccc(Br)o1)c1cccs1. The highest BCUT2D eigenvalue weighted by Crippen LogP contribution is 2.27. The number of halogens is 1. The Balaban J connectivity index is 2.09. The van der Waals surface area contributed by atoms with Crippen molar-refractivity contribution in [2.24, 2.45) is 0 Å². The van der Waals surface area contributed by atoms with Gasteiger partial charge in [0.15, 0.2) is 4.67 Å². The molecule has 0 saturated heterocycles. The van der Waals surface area contributed by atoms with E-state index in [-0.39, 0.29) is 18.1 Å². The molecule has 0 fully saturated rings. The summed E-state index contributed by atoms with van der Waals surface area (Å²) in [6.45, 7) is 2.00. The molecule has 0 bridgehead atoms. The Morgan fingerprint density at radius 3 is 2.85 bits per heavy atom. The zero-order chi connectivity index (χ0) is 14.5. The first-order valence-electron chi connectivity index (χ1n) is 6.21. The molecule has 2 aromatic rings. The van der Waals surface area contributed by atoms with Gasteiger partial charge in [-0.3, -0.25) is 10.1 Å². The Kier molecular flexibility index (Phi) is 5.39. The van der Waals surface area contributed by atoms with Crippen molar-refractivity contribution in [2.45, 2.75) is 25.4 Å². The fourth-order valence-corrected chi connectivity index (χ4v) is 3.03. The van der Waals surface area contributed by atoms with Gasteiger partial charge in [0, 0.05) is 4.88 Å². The van der Waals surface area contributed by atoms with Crippen LogP contribution in [-0.4, -0.2) is 13.1 Å². The second kappa shape index (κ2) is 7.06. The standard InChI is InChI=1S/C14H16BrNO3S/c1-9(11-5-6-13(15)19-11)16-10(8-14(17)18-2)12-4-3-7-20-12/h3-7,9-10,16H,8H2,1-2H3. The summed E-state index contributed by atoms with van der Waals surface area (Å²) in [6, 6.07) is 7.66. The summed E-state index contributed by atoms with van der Waals surface area (Å²) in [5.41, 5.74) is 0. The molecule has 2 aromatic heterocycles. The van der Waals surface area contributed by atoms with E-state index >= 15 is 0 Å². The van der Waals surface area contributed by atoms with Gasteiger partial charge in [-0.15, -0.1) is 11.3 Å². The molecule has 0 aliphatic rings. The van der Waals surface area contributed by atoms with E-state index in [0.29, 0.717) is 11.1 Å². The molecule has 4 nitrogen and oxygen atoms in total. The average molecular weight is 358 g/mol. The maximum Gasteiger partial charge on any atom is 0.307 e. The second-order valence-electron chi connectivity index (χ2n) is 4.38. The van der Waals surface area contributed by atoms with Crippen LogP contribution in [0.15, 0.2) is 38.7 Å². The van der Waals surface area contributed by atoms with Crippen molar-refractivity contribution in [3.63, 3.8) is 0 Å². The van der Waals surface area contributed by atoms with Crippen LogP contribution in [0.2, 0.25) is 0 Å². The predicted octanol–water partition coefficient (Wildman–Crippen LogP) is 4.06. The van der Waals surface area contributed by atoms with Gasteiger partial charge in [0.05, 0.1) is 25.6 Å². The molecule has 2 atom stereocenters. The maximum absolute atomic E-state index is 11.6. The van der Waals surface area contributed by atoms with Gasteiger partial charge in [0.2, 0.25) is 0 Å². The fourth-order valence-electron chi connectivity index (χ4n) is 1.93. The van der Waals surface area contributed by atoms with Crippen LogP contribution in [0.1, 0.15) is 36.1 Å². The Bertz CT molecular complexity index is 553. The number of carbonyl (C=O) groups excluding carboxylic acids is 1. The number of esters is 1. The molecule has 0 aliphatic carbocycles. The van der Waals surface area contributed by atoms with Crippen molar-refractivity contribution in [3.8, 4) is 0 Å². The smallest absolute Gasteiger partial charge is 0.307 e. The van der Waals surface area contributed by atoms with E-state index in [1.807, 2.05) is 36.6 Å². The number of rotatable bonds is 6. The summed E-state index contributed by atoms with van der Waals surface area (Å²) in [7, 11) is 1.40. The highest BCUT2D eigenvalue weighted by molar-refractivity contribution is 9.10. The number of furan rings is 1. The average Bonchev–Trinajstić information content (AvgIpc) is 3.08. The molecule has 0 amide bonds. The van der Waals surface area contributed by atoms with Gasteiger partial charge in [0.1, 0.15) is 5.76 Å². The zero-order valence-corrected chi connectivity index (χ0v) is 13.7. The quantitative estimate of drug-likeness (QED) is 0.792. The minimum absolute atomic E-state index is 0.00180. The molecule has 2 heterocycles. The van der Waals surface area contributed by atoms with Gasteiger partial charge in [-0.25, -0.2) is 0 Å². The lowest BCUT2D eigenvalue weighted by Crippen LogP contribution is -2.26. The highest BCUT2D eigenvalue weighted by atomic mass is 79.9. The monoisotopic (exact) mass is 357 g/mol. The van der Waals surface area contributed by atoms with Gasteiger partial charge in [-0.05, 0) is 46.4 Å². The number of carbonyl (C=O) groups is 1. The lowest BCUT2D eigenvalue weighted by molar-refractivity contribution is -0.141. The summed E-state index contributed by atoms with van der Waals surface area (Å²) < 4.78 is 11.0. The van der Waals surface area contributed by atoms with Gasteiger partial charge < -0.3 is 9.15 Å². The molecule has 0 aromatic carbocycles. The minimum atomic E-state index is -0.233. The van der Waals surface area contributed by atoms with E-state index in [0.717, 1.165) is 10.6 Å². The lowest BCUT2D eigenvalue weighted by Gasteiger charge is -2.20. The first kappa shape index (κ1) is 15.3. The Morgan fingerprint density at radius 2 is 2.30 bits per heavy atom. The van der Waals surface area contributed by atoms with Crippen molar-refractivity contribution in [2.75, 3.05) is 7.11 Å². The molecular formula is C14H16BrNO3S. The minimum Gasteiger partial charge on any atom is -0.469 e. The van der Waals surface area contributed by atoms with E-state index in [9.17, 15) is 4.79 Å². The third-order valence-corrected chi connectivity index (χ3v) is 4.37. The molecular weight excluding hydrogens is 342 g/mol. The number of methoxy groups -OCH3 is 1. The van der Waals surface area contributed by atoms with Crippen LogP contribution in [0.4, 0.5) is 0 Å². The summed E-state index contributed by atoms with van der Waals surface area (Å²) >= 11 is 4.91. The summed E-state index contributed by atoms with van der Waals surface area (Å²) in [5, 5.41) is 5.40. The van der Waals surface area contributed by atoms with Crippen LogP contribution in [0.3, 0.4) is 0 Å². The molecule has 0 saturated carbocycles. The van der Waals surface area contributed by atoms with E-state index in [1.165, 1.54) is 7.11 Å². The van der Waals surface area contributed by atoms with Crippen molar-refractivity contribution in [1.82, 2.24) is 5.32 Å². The number of thiophene rings is 1. The molecule has 20 heavy (non-hydrogen) atoms. The van der Waals surface area contributed by atoms with Crippen LogP contribution < -0.4 is 5.32 Å². The van der Waals surface area contributed by atoms with Gasteiger partial charge in [0.25, 0.3) is 0 Å². The van der Waals surface area contributed by atoms with E-state index < -0.39 is 0 Å². The molecule has 108 valence electrons. The molecule has 0 spiro atoms. The van der Waals surface area contributed by atoms with Crippen molar-refractivity contribution >= 4 is 33.2 Å². The largest absolute Gasteiger partial charge is 0.469 e. The van der Waals surface area contributed by atoms with Crippen molar-refractivity contribution in [3.05, 3.63) is 45.0 Å². The second-order valence-corrected chi connectivity index (χ2v) is 6.14.